The minimum Gasteiger partial charge on any atom is -0.454 e. The van der Waals surface area contributed by atoms with E-state index in [1.54, 1.807) is 41.6 Å². The molecule has 4 rings (SSSR count). The highest BCUT2D eigenvalue weighted by molar-refractivity contribution is 5.84. The van der Waals surface area contributed by atoms with Gasteiger partial charge in [-0.25, -0.2) is 9.97 Å². The van der Waals surface area contributed by atoms with Crippen LogP contribution in [0.2, 0.25) is 0 Å². The maximum Gasteiger partial charge on any atom is 0.245 e. The van der Waals surface area contributed by atoms with Crippen LogP contribution in [0, 0.1) is 0 Å². The van der Waals surface area contributed by atoms with Crippen LogP contribution < -0.4 is 20.1 Å². The van der Waals surface area contributed by atoms with E-state index in [1.807, 2.05) is 12.1 Å². The summed E-state index contributed by atoms with van der Waals surface area (Å²) in [4.78, 5) is 24.9. The monoisotopic (exact) mass is 382 g/mol. The van der Waals surface area contributed by atoms with Crippen molar-refractivity contribution in [2.75, 3.05) is 18.7 Å². The number of nitrogens with one attached hydrogen (secondary N) is 2. The van der Waals surface area contributed by atoms with Crippen LogP contribution in [0.4, 0.5) is 5.82 Å². The lowest BCUT2D eigenvalue weighted by Gasteiger charge is -2.17. The Morgan fingerprint density at radius 3 is 2.96 bits per heavy atom. The maximum atomic E-state index is 12.5. The molecule has 3 N–H and O–H groups in total. The van der Waals surface area contributed by atoms with Crippen molar-refractivity contribution >= 4 is 11.7 Å². The molecule has 1 atom stereocenters. The van der Waals surface area contributed by atoms with E-state index in [-0.39, 0.29) is 19.2 Å². The number of imidazole rings is 1. The molecule has 1 aliphatic heterocycles. The molecule has 144 valence electrons. The third-order valence-corrected chi connectivity index (χ3v) is 4.10. The van der Waals surface area contributed by atoms with E-state index < -0.39 is 12.6 Å². The third kappa shape index (κ3) is 3.86. The molecule has 0 fully saturated rings. The van der Waals surface area contributed by atoms with Gasteiger partial charge in [0.1, 0.15) is 18.2 Å². The molecule has 28 heavy (non-hydrogen) atoms. The predicted octanol–water partition coefficient (Wildman–Crippen LogP) is 0.480. The average molecular weight is 382 g/mol. The zero-order valence-corrected chi connectivity index (χ0v) is 14.8. The van der Waals surface area contributed by atoms with Crippen LogP contribution in [0.5, 0.6) is 11.5 Å². The molecule has 0 saturated carbocycles. The van der Waals surface area contributed by atoms with Crippen LogP contribution in [0.1, 0.15) is 5.56 Å². The van der Waals surface area contributed by atoms with E-state index in [2.05, 4.69) is 25.6 Å². The van der Waals surface area contributed by atoms with Crippen LogP contribution in [0.25, 0.3) is 5.95 Å². The first-order valence-electron chi connectivity index (χ1n) is 8.58. The molecule has 1 aliphatic rings. The SMILES string of the molecule is O=C(NCc1ccc2c(c1)OCO2)C(CO)Nc1ccnc(-n2ccnc2)n1. The molecule has 1 unspecified atom stereocenters. The number of ether oxygens (including phenoxy) is 2. The van der Waals surface area contributed by atoms with Crippen molar-refractivity contribution in [1.82, 2.24) is 24.8 Å². The molecule has 10 heteroatoms. The largest absolute Gasteiger partial charge is 0.454 e. The van der Waals surface area contributed by atoms with Crippen LogP contribution >= 0.6 is 0 Å². The topological polar surface area (TPSA) is 123 Å². The Kier molecular flexibility index (Phi) is 5.02. The van der Waals surface area contributed by atoms with Crippen molar-refractivity contribution in [1.29, 1.82) is 0 Å². The summed E-state index contributed by atoms with van der Waals surface area (Å²) < 4.78 is 12.2. The summed E-state index contributed by atoms with van der Waals surface area (Å²) in [5, 5.41) is 15.3. The first kappa shape index (κ1) is 17.7. The van der Waals surface area contributed by atoms with E-state index in [4.69, 9.17) is 9.47 Å². The minimum absolute atomic E-state index is 0.196. The number of carbonyl (C=O) groups is 1. The van der Waals surface area contributed by atoms with Gasteiger partial charge in [0.25, 0.3) is 0 Å². The fourth-order valence-corrected chi connectivity index (χ4v) is 2.67. The molecule has 2 aromatic heterocycles. The Balaban J connectivity index is 1.38. The molecular formula is C18H18N6O4. The number of rotatable bonds is 7. The Bertz CT molecular complexity index is 962. The predicted molar refractivity (Wildman–Crippen MR) is 98.1 cm³/mol. The van der Waals surface area contributed by atoms with Gasteiger partial charge >= 0.3 is 0 Å². The number of hydrogen-bond donors (Lipinski definition) is 3. The molecule has 10 nitrogen and oxygen atoms in total. The van der Waals surface area contributed by atoms with Gasteiger partial charge in [0.05, 0.1) is 6.61 Å². The molecule has 1 aromatic carbocycles. The Hall–Kier alpha value is -3.66. The number of aliphatic hydroxyl groups excluding tert-OH is 1. The molecule has 0 bridgehead atoms. The summed E-state index contributed by atoms with van der Waals surface area (Å²) >= 11 is 0. The highest BCUT2D eigenvalue weighted by Gasteiger charge is 2.19. The Morgan fingerprint density at radius 1 is 1.25 bits per heavy atom. The van der Waals surface area contributed by atoms with Crippen LogP contribution in [0.15, 0.2) is 49.2 Å². The van der Waals surface area contributed by atoms with E-state index >= 15 is 0 Å². The van der Waals surface area contributed by atoms with Gasteiger partial charge in [0.2, 0.25) is 18.6 Å². The van der Waals surface area contributed by atoms with Crippen molar-refractivity contribution in [2.45, 2.75) is 12.6 Å². The summed E-state index contributed by atoms with van der Waals surface area (Å²) in [6.07, 6.45) is 6.45. The van der Waals surface area contributed by atoms with Crippen molar-refractivity contribution in [3.8, 4) is 17.4 Å². The second kappa shape index (κ2) is 7.92. The molecular weight excluding hydrogens is 364 g/mol. The normalized spacial score (nSPS) is 13.2. The number of fused-ring (bicyclic) bond motifs is 1. The van der Waals surface area contributed by atoms with Crippen LogP contribution in [-0.2, 0) is 11.3 Å². The van der Waals surface area contributed by atoms with Crippen molar-refractivity contribution in [3.63, 3.8) is 0 Å². The number of nitrogens with zero attached hydrogens (tertiary/aromatic N) is 4. The van der Waals surface area contributed by atoms with Crippen LogP contribution in [-0.4, -0.2) is 50.0 Å². The number of anilines is 1. The van der Waals surface area contributed by atoms with Crippen molar-refractivity contribution < 1.29 is 19.4 Å². The number of benzene rings is 1. The molecule has 1 amide bonds. The van der Waals surface area contributed by atoms with Gasteiger partial charge in [-0.3, -0.25) is 9.36 Å². The zero-order valence-electron chi connectivity index (χ0n) is 14.8. The highest BCUT2D eigenvalue weighted by atomic mass is 16.7. The zero-order chi connectivity index (χ0) is 19.3. The fourth-order valence-electron chi connectivity index (χ4n) is 2.67. The van der Waals surface area contributed by atoms with Gasteiger partial charge in [0, 0.05) is 25.1 Å². The fraction of sp³-hybridized carbons (Fsp3) is 0.222. The van der Waals surface area contributed by atoms with Crippen molar-refractivity contribution in [3.05, 3.63) is 54.7 Å². The summed E-state index contributed by atoms with van der Waals surface area (Å²) in [6.45, 7) is 0.0940. The van der Waals surface area contributed by atoms with Gasteiger partial charge in [-0.05, 0) is 23.8 Å². The lowest BCUT2D eigenvalue weighted by atomic mass is 10.2. The Morgan fingerprint density at radius 2 is 2.14 bits per heavy atom. The van der Waals surface area contributed by atoms with E-state index in [0.29, 0.717) is 23.3 Å². The third-order valence-electron chi connectivity index (χ3n) is 4.10. The maximum absolute atomic E-state index is 12.5. The number of aliphatic hydroxyl groups is 1. The molecule has 3 aromatic rings. The number of aromatic nitrogens is 4. The van der Waals surface area contributed by atoms with Crippen LogP contribution in [0.3, 0.4) is 0 Å². The summed E-state index contributed by atoms with van der Waals surface area (Å²) in [6, 6.07) is 6.21. The summed E-state index contributed by atoms with van der Waals surface area (Å²) in [5.41, 5.74) is 0.860. The Labute approximate surface area is 160 Å². The van der Waals surface area contributed by atoms with E-state index in [9.17, 15) is 9.90 Å². The molecule has 0 radical (unpaired) electrons. The summed E-state index contributed by atoms with van der Waals surface area (Å²) in [5.74, 6) is 1.79. The average Bonchev–Trinajstić information content (AvgIpc) is 3.42. The van der Waals surface area contributed by atoms with Gasteiger partial charge in [-0.2, -0.15) is 4.98 Å². The lowest BCUT2D eigenvalue weighted by Crippen LogP contribution is -2.42. The standard InChI is InChI=1S/C18H18N6O4/c25-9-13(22-16-3-4-20-18(23-16)24-6-5-19-10-24)17(26)21-8-12-1-2-14-15(7-12)28-11-27-14/h1-7,10,13,25H,8-9,11H2,(H,21,26)(H,20,22,23). The number of amides is 1. The van der Waals surface area contributed by atoms with Gasteiger partial charge < -0.3 is 25.2 Å². The number of carbonyl (C=O) groups excluding carboxylic acids is 1. The number of hydrogen-bond acceptors (Lipinski definition) is 8. The second-order valence-electron chi connectivity index (χ2n) is 6.00. The van der Waals surface area contributed by atoms with E-state index in [0.717, 1.165) is 5.56 Å². The molecule has 3 heterocycles. The van der Waals surface area contributed by atoms with Crippen molar-refractivity contribution in [2.24, 2.45) is 0 Å². The minimum atomic E-state index is -0.862. The quantitative estimate of drug-likeness (QED) is 0.539. The van der Waals surface area contributed by atoms with Gasteiger partial charge in [-0.1, -0.05) is 6.07 Å². The molecule has 0 spiro atoms. The first-order valence-corrected chi connectivity index (χ1v) is 8.58. The van der Waals surface area contributed by atoms with Gasteiger partial charge in [-0.15, -0.1) is 0 Å². The summed E-state index contributed by atoms with van der Waals surface area (Å²) in [7, 11) is 0. The molecule has 0 saturated heterocycles. The lowest BCUT2D eigenvalue weighted by molar-refractivity contribution is -0.122. The first-order chi connectivity index (χ1) is 13.7. The van der Waals surface area contributed by atoms with Gasteiger partial charge in [0.15, 0.2) is 11.5 Å². The second-order valence-corrected chi connectivity index (χ2v) is 6.00. The smallest absolute Gasteiger partial charge is 0.245 e. The highest BCUT2D eigenvalue weighted by Crippen LogP contribution is 2.32. The molecule has 0 aliphatic carbocycles. The van der Waals surface area contributed by atoms with E-state index in [1.165, 1.54) is 0 Å².